The second-order valence-corrected chi connectivity index (χ2v) is 7.06. The number of sulfone groups is 1. The summed E-state index contributed by atoms with van der Waals surface area (Å²) in [7, 11) is -3.66. The van der Waals surface area contributed by atoms with Crippen molar-refractivity contribution in [2.24, 2.45) is 0 Å². The molecule has 0 aliphatic rings. The lowest BCUT2D eigenvalue weighted by atomic mass is 10.2. The first-order valence-corrected chi connectivity index (χ1v) is 8.66. The third kappa shape index (κ3) is 3.48. The first-order chi connectivity index (χ1) is 10.8. The second kappa shape index (κ2) is 6.34. The fraction of sp³-hybridized carbons (Fsp3) is 0.308. The lowest BCUT2D eigenvalue weighted by molar-refractivity contribution is -0.468. The van der Waals surface area contributed by atoms with Gasteiger partial charge in [0.1, 0.15) is 11.2 Å². The molecule has 2 rings (SSSR count). The van der Waals surface area contributed by atoms with E-state index in [9.17, 15) is 23.3 Å². The Morgan fingerprint density at radius 2 is 2.04 bits per heavy atom. The molecule has 0 atom stereocenters. The fourth-order valence-electron chi connectivity index (χ4n) is 2.14. The van der Waals surface area contributed by atoms with Crippen LogP contribution in [-0.4, -0.2) is 43.6 Å². The topological polar surface area (TPSA) is 134 Å². The van der Waals surface area contributed by atoms with Crippen LogP contribution in [0.3, 0.4) is 0 Å². The predicted octanol–water partition coefficient (Wildman–Crippen LogP) is -0.832. The summed E-state index contributed by atoms with van der Waals surface area (Å²) >= 11 is 0. The van der Waals surface area contributed by atoms with Gasteiger partial charge in [-0.3, -0.25) is 4.79 Å². The van der Waals surface area contributed by atoms with Crippen molar-refractivity contribution in [2.75, 3.05) is 19.4 Å². The number of carbonyl (C=O) groups is 1. The molecule has 0 spiro atoms. The molecule has 0 saturated heterocycles. The minimum Gasteiger partial charge on any atom is -0.805 e. The van der Waals surface area contributed by atoms with E-state index in [1.807, 2.05) is 0 Å². The van der Waals surface area contributed by atoms with Crippen LogP contribution in [0, 0.1) is 10.1 Å². The third-order valence-electron chi connectivity index (χ3n) is 3.05. The predicted molar refractivity (Wildman–Crippen MR) is 82.0 cm³/mol. The van der Waals surface area contributed by atoms with Crippen LogP contribution in [0.15, 0.2) is 24.3 Å². The largest absolute Gasteiger partial charge is 0.805 e. The molecule has 2 aromatic rings. The van der Waals surface area contributed by atoms with Crippen molar-refractivity contribution in [3.8, 4) is 0 Å². The van der Waals surface area contributed by atoms with E-state index in [0.29, 0.717) is 0 Å². The van der Waals surface area contributed by atoms with Crippen LogP contribution < -0.4 is 9.74 Å². The van der Waals surface area contributed by atoms with Gasteiger partial charge in [0, 0.05) is 23.8 Å². The van der Waals surface area contributed by atoms with Gasteiger partial charge in [-0.15, -0.1) is 0 Å². The number of aliphatic hydroxyl groups excluding tert-OH is 1. The van der Waals surface area contributed by atoms with Gasteiger partial charge in [-0.05, 0) is 6.07 Å². The molecule has 1 aromatic heterocycles. The number of para-hydroxylation sites is 2. The van der Waals surface area contributed by atoms with Gasteiger partial charge in [-0.2, -0.15) is 0 Å². The Morgan fingerprint density at radius 1 is 1.39 bits per heavy atom. The summed E-state index contributed by atoms with van der Waals surface area (Å²) in [5.41, 5.74) is -1.16. The van der Waals surface area contributed by atoms with Gasteiger partial charge in [-0.25, -0.2) is 8.42 Å². The quantitative estimate of drug-likeness (QED) is 0.682. The maximum Gasteiger partial charge on any atom is 0.347 e. The number of aromatic nitrogens is 2. The average molecular weight is 341 g/mol. The van der Waals surface area contributed by atoms with E-state index in [0.717, 1.165) is 6.26 Å². The molecule has 0 aliphatic heterocycles. The lowest BCUT2D eigenvalue weighted by Gasteiger charge is -2.18. The lowest BCUT2D eigenvalue weighted by Crippen LogP contribution is -2.38. The maximum absolute atomic E-state index is 12.4. The molecule has 0 saturated carbocycles. The number of carbonyl (C=O) groups excluding carboxylic acids is 1. The van der Waals surface area contributed by atoms with E-state index >= 15 is 0 Å². The molecule has 1 aromatic carbocycles. The molecular weight excluding hydrogens is 326 g/mol. The minimum absolute atomic E-state index is 0.0418. The van der Waals surface area contributed by atoms with Crippen molar-refractivity contribution in [1.29, 1.82) is 0 Å². The van der Waals surface area contributed by atoms with Gasteiger partial charge in [-0.1, -0.05) is 12.1 Å². The Kier molecular flexibility index (Phi) is 4.66. The fourth-order valence-corrected chi connectivity index (χ4v) is 2.89. The van der Waals surface area contributed by atoms with Crippen LogP contribution >= 0.6 is 0 Å². The molecule has 2 N–H and O–H groups in total. The second-order valence-electron chi connectivity index (χ2n) is 4.92. The van der Waals surface area contributed by atoms with Crippen LogP contribution in [0.1, 0.15) is 16.2 Å². The van der Waals surface area contributed by atoms with Crippen molar-refractivity contribution in [2.45, 2.75) is 5.75 Å². The minimum atomic E-state index is -3.66. The zero-order chi connectivity index (χ0) is 17.2. The van der Waals surface area contributed by atoms with E-state index < -0.39 is 32.9 Å². The summed E-state index contributed by atoms with van der Waals surface area (Å²) in [6.07, 6.45) is 0.896. The molecule has 0 fully saturated rings. The van der Waals surface area contributed by atoms with Crippen molar-refractivity contribution in [3.05, 3.63) is 45.8 Å². The van der Waals surface area contributed by atoms with E-state index in [1.54, 1.807) is 0 Å². The molecule has 1 heterocycles. The van der Waals surface area contributed by atoms with Crippen LogP contribution in [-0.2, 0) is 15.6 Å². The number of nitrogens with one attached hydrogen (secondary N) is 1. The van der Waals surface area contributed by atoms with Gasteiger partial charge >= 0.3 is 11.6 Å². The van der Waals surface area contributed by atoms with Crippen LogP contribution in [0.25, 0.3) is 11.0 Å². The van der Waals surface area contributed by atoms with Crippen molar-refractivity contribution in [1.82, 2.24) is 10.0 Å². The van der Waals surface area contributed by atoms with E-state index in [4.69, 9.17) is 5.11 Å². The Hall–Kier alpha value is -2.46. The summed E-state index contributed by atoms with van der Waals surface area (Å²) in [5, 5.41) is 23.4. The molecule has 124 valence electrons. The van der Waals surface area contributed by atoms with Gasteiger partial charge in [0.25, 0.3) is 5.52 Å². The summed E-state index contributed by atoms with van der Waals surface area (Å²) in [5.74, 6) is -1.69. The highest BCUT2D eigenvalue weighted by atomic mass is 32.2. The molecule has 10 heteroatoms. The van der Waals surface area contributed by atoms with Crippen molar-refractivity contribution < 1.29 is 22.7 Å². The van der Waals surface area contributed by atoms with Gasteiger partial charge in [0.05, 0.1) is 16.8 Å². The third-order valence-corrected chi connectivity index (χ3v) is 3.85. The smallest absolute Gasteiger partial charge is 0.347 e. The Bertz CT molecular complexity index is 919. The molecule has 0 unspecified atom stereocenters. The summed E-state index contributed by atoms with van der Waals surface area (Å²) < 4.78 is 23.6. The van der Waals surface area contributed by atoms with Crippen molar-refractivity contribution in [3.63, 3.8) is 0 Å². The molecule has 0 aliphatic carbocycles. The van der Waals surface area contributed by atoms with Gasteiger partial charge in [0.15, 0.2) is 9.84 Å². The number of fused-ring (bicyclic) bond motifs is 1. The van der Waals surface area contributed by atoms with Crippen LogP contribution in [0.4, 0.5) is 0 Å². The van der Waals surface area contributed by atoms with Crippen LogP contribution in [0.5, 0.6) is 0 Å². The highest BCUT2D eigenvalue weighted by Crippen LogP contribution is 2.16. The highest BCUT2D eigenvalue weighted by Gasteiger charge is 2.30. The number of nitrogens with zero attached hydrogens (tertiary/aromatic N) is 2. The number of hydrogen-bond donors (Lipinski definition) is 2. The monoisotopic (exact) mass is 341 g/mol. The molecule has 1 amide bonds. The number of benzene rings is 1. The van der Waals surface area contributed by atoms with Gasteiger partial charge < -0.3 is 20.4 Å². The molecule has 9 nitrogen and oxygen atoms in total. The van der Waals surface area contributed by atoms with Gasteiger partial charge in [0.2, 0.25) is 0 Å². The summed E-state index contributed by atoms with van der Waals surface area (Å²) in [6, 6.07) is 5.75. The average Bonchev–Trinajstić information content (AvgIpc) is 2.49. The number of rotatable bonds is 5. The molecule has 0 bridgehead atoms. The first-order valence-electron chi connectivity index (χ1n) is 6.59. The summed E-state index contributed by atoms with van der Waals surface area (Å²) in [4.78, 5) is 24.6. The number of amides is 1. The van der Waals surface area contributed by atoms with E-state index in [-0.39, 0.29) is 33.3 Å². The van der Waals surface area contributed by atoms with Crippen molar-refractivity contribution >= 4 is 26.8 Å². The Balaban J connectivity index is 2.80. The zero-order valence-electron chi connectivity index (χ0n) is 12.2. The summed E-state index contributed by atoms with van der Waals surface area (Å²) in [6.45, 7) is -0.500. The van der Waals surface area contributed by atoms with E-state index in [1.165, 1.54) is 24.3 Å². The standard InChI is InChI=1S/C13H15N3O6S/c1-23(21,22)8-11-12(13(18)14-6-7-17)16(20)10-5-3-2-4-9(10)15(11)19/h2-5,17H,6-8H2,1H3,(H,14,18). The number of aliphatic hydroxyl groups is 1. The van der Waals surface area contributed by atoms with Crippen LogP contribution in [0.2, 0.25) is 0 Å². The molecule has 0 radical (unpaired) electrons. The van der Waals surface area contributed by atoms with E-state index in [2.05, 4.69) is 5.32 Å². The molecule has 23 heavy (non-hydrogen) atoms. The maximum atomic E-state index is 12.4. The number of hydrogen-bond acceptors (Lipinski definition) is 6. The molecular formula is C13H15N3O6S. The highest BCUT2D eigenvalue weighted by molar-refractivity contribution is 7.89. The Labute approximate surface area is 131 Å². The Morgan fingerprint density at radius 3 is 2.65 bits per heavy atom. The SMILES string of the molecule is CS(=O)(=O)Cc1c(C(=O)NCCO)[n+](=O)c2ccccc2n1[O-]. The first kappa shape index (κ1) is 16.9. The zero-order valence-corrected chi connectivity index (χ0v) is 13.0. The normalized spacial score (nSPS) is 11.6.